The van der Waals surface area contributed by atoms with Gasteiger partial charge in [0.25, 0.3) is 4.84 Å². The van der Waals surface area contributed by atoms with Gasteiger partial charge in [-0.15, -0.1) is 0 Å². The molecule has 9 heteroatoms. The first kappa shape index (κ1) is 15.7. The van der Waals surface area contributed by atoms with Crippen LogP contribution in [0.3, 0.4) is 0 Å². The maximum atomic E-state index is 5.50. The van der Waals surface area contributed by atoms with Crippen LogP contribution in [0.25, 0.3) is 5.57 Å². The molecule has 3 aromatic rings. The second-order valence-electron chi connectivity index (χ2n) is 5.87. The highest BCUT2D eigenvalue weighted by Gasteiger charge is 2.51. The maximum absolute atomic E-state index is 5.50. The van der Waals surface area contributed by atoms with Gasteiger partial charge in [-0.1, -0.05) is 70.9 Å². The maximum Gasteiger partial charge on any atom is 0.488 e. The lowest BCUT2D eigenvalue weighted by Crippen LogP contribution is -2.45. The molecule has 0 amide bonds. The van der Waals surface area contributed by atoms with Crippen molar-refractivity contribution >= 4 is 35.4 Å². The number of rotatable bonds is 3. The van der Waals surface area contributed by atoms with E-state index in [4.69, 9.17) is 21.7 Å². The quantitative estimate of drug-likeness (QED) is 0.549. The predicted molar refractivity (Wildman–Crippen MR) is 103 cm³/mol. The summed E-state index contributed by atoms with van der Waals surface area (Å²) in [5.74, 6) is 0.471. The second kappa shape index (κ2) is 6.01. The van der Waals surface area contributed by atoms with Crippen LogP contribution < -0.4 is 4.70 Å². The highest BCUT2D eigenvalue weighted by atomic mass is 32.1. The normalized spacial score (nSPS) is 20.7. The van der Waals surface area contributed by atoms with Crippen LogP contribution in [0.4, 0.5) is 6.01 Å². The first-order valence-corrected chi connectivity index (χ1v) is 8.56. The molecule has 0 fully saturated rings. The van der Waals surface area contributed by atoms with Crippen molar-refractivity contribution in [1.82, 2.24) is 14.9 Å². The van der Waals surface area contributed by atoms with Gasteiger partial charge in [-0.3, -0.25) is 0 Å². The molecule has 2 aromatic carbocycles. The van der Waals surface area contributed by atoms with E-state index in [-0.39, 0.29) is 10.9 Å². The molecule has 0 aliphatic carbocycles. The molecule has 1 aromatic heterocycles. The van der Waals surface area contributed by atoms with Crippen molar-refractivity contribution in [3.8, 4) is 0 Å². The Bertz CT molecular complexity index is 1190. The zero-order valence-corrected chi connectivity index (χ0v) is 14.7. The molecule has 0 saturated carbocycles. The Balaban J connectivity index is 1.76. The van der Waals surface area contributed by atoms with E-state index in [1.807, 2.05) is 66.7 Å². The van der Waals surface area contributed by atoms with E-state index in [2.05, 4.69) is 25.7 Å². The fourth-order valence-electron chi connectivity index (χ4n) is 3.00. The number of aromatic amines is 1. The number of allylic oxidation sites excluding steroid dienone is 1. The Morgan fingerprint density at radius 1 is 0.926 bits per heavy atom. The minimum absolute atomic E-state index is 0.133. The van der Waals surface area contributed by atoms with Gasteiger partial charge in [0, 0.05) is 22.4 Å². The third-order valence-electron chi connectivity index (χ3n) is 4.23. The second-order valence-corrected chi connectivity index (χ2v) is 6.24. The van der Waals surface area contributed by atoms with E-state index in [9.17, 15) is 0 Å². The molecular formula is C18H12N7OS+. The summed E-state index contributed by atoms with van der Waals surface area (Å²) in [5, 5.41) is 23.7. The molecule has 0 bridgehead atoms. The minimum atomic E-state index is -0.451. The lowest BCUT2D eigenvalue weighted by Gasteiger charge is -2.21. The number of hydrogen-bond donors (Lipinski definition) is 1. The highest BCUT2D eigenvalue weighted by Crippen LogP contribution is 2.35. The van der Waals surface area contributed by atoms with Gasteiger partial charge in [0.05, 0.1) is 9.92 Å². The third-order valence-corrected chi connectivity index (χ3v) is 4.41. The van der Waals surface area contributed by atoms with Gasteiger partial charge >= 0.3 is 11.9 Å². The van der Waals surface area contributed by atoms with Crippen LogP contribution in [0.2, 0.25) is 0 Å². The van der Waals surface area contributed by atoms with Gasteiger partial charge < -0.3 is 4.42 Å². The smallest absolute Gasteiger partial charge is 0.363 e. The van der Waals surface area contributed by atoms with Crippen molar-refractivity contribution in [2.45, 2.75) is 0 Å². The zero-order chi connectivity index (χ0) is 18.3. The Kier molecular flexibility index (Phi) is 3.49. The molecule has 1 atom stereocenters. The number of benzene rings is 2. The average Bonchev–Trinajstić information content (AvgIpc) is 3.35. The van der Waals surface area contributed by atoms with Crippen LogP contribution in [-0.4, -0.2) is 21.7 Å². The SMILES string of the molecule is S=c1[nH]nc([N+]23N=NN=C2C=C(c2ccccc2)C(c2ccccc2)=N3)o1. The molecule has 5 rings (SSSR count). The summed E-state index contributed by atoms with van der Waals surface area (Å²) in [6.45, 7) is 0. The molecule has 0 radical (unpaired) electrons. The molecule has 2 aliphatic rings. The fraction of sp³-hybridized carbons (Fsp3) is 0. The van der Waals surface area contributed by atoms with Crippen LogP contribution in [0, 0.1) is 4.84 Å². The van der Waals surface area contributed by atoms with Gasteiger partial charge in [0.2, 0.25) is 0 Å². The van der Waals surface area contributed by atoms with Gasteiger partial charge in [-0.25, -0.2) is 5.10 Å². The lowest BCUT2D eigenvalue weighted by atomic mass is 9.94. The van der Waals surface area contributed by atoms with E-state index in [0.29, 0.717) is 5.84 Å². The molecule has 130 valence electrons. The number of H-pyrrole nitrogens is 1. The summed E-state index contributed by atoms with van der Waals surface area (Å²) < 4.78 is 5.05. The Hall–Kier alpha value is -3.56. The van der Waals surface area contributed by atoms with Crippen molar-refractivity contribution < 1.29 is 4.42 Å². The first-order chi connectivity index (χ1) is 13.3. The third kappa shape index (κ3) is 2.48. The number of nitrogens with one attached hydrogen (secondary N) is 1. The summed E-state index contributed by atoms with van der Waals surface area (Å²) in [6, 6.07) is 20.0. The summed E-state index contributed by atoms with van der Waals surface area (Å²) in [4.78, 5) is 0.133. The average molecular weight is 374 g/mol. The van der Waals surface area contributed by atoms with Crippen LogP contribution in [0.15, 0.2) is 91.8 Å². The van der Waals surface area contributed by atoms with Crippen molar-refractivity contribution in [2.75, 3.05) is 0 Å². The standard InChI is InChI=1S/C18H11N7OS/c27-18-21-20-17(26-18)25-15(19-23-24-25)11-14(12-7-3-1-4-8-12)16(22-25)13-9-5-2-6-10-13/h1-11H/p+1. The van der Waals surface area contributed by atoms with E-state index < -0.39 is 4.70 Å². The zero-order valence-electron chi connectivity index (χ0n) is 13.9. The molecule has 1 N–H and O–H groups in total. The number of quaternary nitrogens is 1. The van der Waals surface area contributed by atoms with Crippen molar-refractivity contribution in [1.29, 1.82) is 0 Å². The Morgan fingerprint density at radius 2 is 1.63 bits per heavy atom. The van der Waals surface area contributed by atoms with Crippen LogP contribution >= 0.6 is 12.2 Å². The van der Waals surface area contributed by atoms with Crippen molar-refractivity contribution in [3.63, 3.8) is 0 Å². The minimum Gasteiger partial charge on any atom is -0.363 e. The summed E-state index contributed by atoms with van der Waals surface area (Å²) in [7, 11) is 0. The van der Waals surface area contributed by atoms with Crippen LogP contribution in [0.1, 0.15) is 11.1 Å². The molecular weight excluding hydrogens is 362 g/mol. The number of amidine groups is 1. The van der Waals surface area contributed by atoms with Gasteiger partial charge in [0.15, 0.2) is 0 Å². The molecule has 27 heavy (non-hydrogen) atoms. The van der Waals surface area contributed by atoms with Crippen molar-refractivity contribution in [3.05, 3.63) is 82.7 Å². The topological polar surface area (TPSA) is 91.3 Å². The lowest BCUT2D eigenvalue weighted by molar-refractivity contribution is 0.349. The molecule has 1 unspecified atom stereocenters. The summed E-state index contributed by atoms with van der Waals surface area (Å²) >= 11 is 5.01. The van der Waals surface area contributed by atoms with Gasteiger partial charge in [0.1, 0.15) is 5.71 Å². The molecule has 0 spiro atoms. The highest BCUT2D eigenvalue weighted by molar-refractivity contribution is 7.71. The largest absolute Gasteiger partial charge is 0.488 e. The Morgan fingerprint density at radius 3 is 2.30 bits per heavy atom. The van der Waals surface area contributed by atoms with Crippen molar-refractivity contribution in [2.24, 2.45) is 20.6 Å². The number of fused-ring (bicyclic) bond motifs is 1. The summed E-state index contributed by atoms with van der Waals surface area (Å²) in [6.07, 6.45) is 1.90. The molecule has 2 aliphatic heterocycles. The number of hydrogen-bond acceptors (Lipinski definition) is 7. The number of aromatic nitrogens is 2. The number of nitrogens with zero attached hydrogens (tertiary/aromatic N) is 6. The molecule has 0 saturated heterocycles. The van der Waals surface area contributed by atoms with Gasteiger partial charge in [-0.05, 0) is 22.9 Å². The first-order valence-electron chi connectivity index (χ1n) is 8.15. The fourth-order valence-corrected chi connectivity index (χ4v) is 3.12. The predicted octanol–water partition coefficient (Wildman–Crippen LogP) is 4.24. The van der Waals surface area contributed by atoms with Gasteiger partial charge in [-0.2, -0.15) is 0 Å². The molecule has 8 nitrogen and oxygen atoms in total. The van der Waals surface area contributed by atoms with Crippen LogP contribution in [0.5, 0.6) is 0 Å². The van der Waals surface area contributed by atoms with Crippen LogP contribution in [-0.2, 0) is 0 Å². The summed E-state index contributed by atoms with van der Waals surface area (Å²) in [5.41, 5.74) is 3.58. The Labute approximate surface area is 158 Å². The van der Waals surface area contributed by atoms with E-state index in [1.165, 1.54) is 0 Å². The van der Waals surface area contributed by atoms with E-state index in [1.54, 1.807) is 0 Å². The van der Waals surface area contributed by atoms with E-state index >= 15 is 0 Å². The monoisotopic (exact) mass is 374 g/mol. The molecule has 3 heterocycles. The van der Waals surface area contributed by atoms with E-state index in [0.717, 1.165) is 22.4 Å².